The van der Waals surface area contributed by atoms with Gasteiger partial charge >= 0.3 is 6.18 Å². The lowest BCUT2D eigenvalue weighted by Crippen LogP contribution is -2.09. The quantitative estimate of drug-likeness (QED) is 0.681. The van der Waals surface area contributed by atoms with Gasteiger partial charge < -0.3 is 0 Å². The average molecular weight is 286 g/mol. The number of alkyl halides is 3. The fourth-order valence-electron chi connectivity index (χ4n) is 1.49. The lowest BCUT2D eigenvalue weighted by Gasteiger charge is -2.09. The Balaban J connectivity index is 2.43. The molecule has 0 spiro atoms. The van der Waals surface area contributed by atoms with Gasteiger partial charge in [-0.2, -0.15) is 28.0 Å². The Labute approximate surface area is 111 Å². The summed E-state index contributed by atoms with van der Waals surface area (Å²) in [5, 5.41) is 10.2. The van der Waals surface area contributed by atoms with Gasteiger partial charge in [0, 0.05) is 5.56 Å². The van der Waals surface area contributed by atoms with Gasteiger partial charge in [0.05, 0.1) is 11.8 Å². The SMILES string of the molecule is Cc1n[nH]c(=S)n1/N=C/c1ccccc1C(F)(F)F. The lowest BCUT2D eigenvalue weighted by atomic mass is 10.1. The summed E-state index contributed by atoms with van der Waals surface area (Å²) in [5.41, 5.74) is -0.774. The molecule has 2 aromatic rings. The van der Waals surface area contributed by atoms with E-state index < -0.39 is 11.7 Å². The summed E-state index contributed by atoms with van der Waals surface area (Å²) in [4.78, 5) is 0. The number of hydrogen-bond donors (Lipinski definition) is 1. The first-order valence-corrected chi connectivity index (χ1v) is 5.65. The number of nitrogens with one attached hydrogen (secondary N) is 1. The topological polar surface area (TPSA) is 46.0 Å². The molecular formula is C11H9F3N4S. The Bertz CT molecular complexity index is 669. The minimum absolute atomic E-state index is 0.0301. The molecule has 0 saturated carbocycles. The van der Waals surface area contributed by atoms with E-state index in [1.807, 2.05) is 0 Å². The lowest BCUT2D eigenvalue weighted by molar-refractivity contribution is -0.137. The molecule has 8 heteroatoms. The molecule has 0 unspecified atom stereocenters. The van der Waals surface area contributed by atoms with Crippen LogP contribution in [0.1, 0.15) is 17.0 Å². The van der Waals surface area contributed by atoms with Gasteiger partial charge in [0.1, 0.15) is 5.82 Å². The molecule has 0 aliphatic rings. The van der Waals surface area contributed by atoms with E-state index in [1.54, 1.807) is 6.92 Å². The van der Waals surface area contributed by atoms with Crippen molar-refractivity contribution in [1.29, 1.82) is 0 Å². The van der Waals surface area contributed by atoms with E-state index in [0.717, 1.165) is 12.3 Å². The first-order valence-electron chi connectivity index (χ1n) is 5.24. The van der Waals surface area contributed by atoms with E-state index in [9.17, 15) is 13.2 Å². The summed E-state index contributed by atoms with van der Waals surface area (Å²) in [5.74, 6) is 0.464. The van der Waals surface area contributed by atoms with Crippen molar-refractivity contribution >= 4 is 18.4 Å². The smallest absolute Gasteiger partial charge is 0.250 e. The van der Waals surface area contributed by atoms with Crippen LogP contribution in [0.3, 0.4) is 0 Å². The molecular weight excluding hydrogens is 277 g/mol. The summed E-state index contributed by atoms with van der Waals surface area (Å²) in [7, 11) is 0. The van der Waals surface area contributed by atoms with Gasteiger partial charge in [-0.15, -0.1) is 0 Å². The first-order chi connectivity index (χ1) is 8.89. The molecule has 0 amide bonds. The van der Waals surface area contributed by atoms with Crippen LogP contribution in [0.15, 0.2) is 29.4 Å². The highest BCUT2D eigenvalue weighted by atomic mass is 32.1. The number of aromatic nitrogens is 3. The summed E-state index contributed by atoms with van der Waals surface area (Å²) in [6.45, 7) is 1.64. The van der Waals surface area contributed by atoms with Gasteiger partial charge in [-0.3, -0.25) is 5.10 Å². The van der Waals surface area contributed by atoms with Gasteiger partial charge in [0.15, 0.2) is 0 Å². The summed E-state index contributed by atoms with van der Waals surface area (Å²) < 4.78 is 39.8. The normalized spacial score (nSPS) is 12.2. The zero-order valence-corrected chi connectivity index (χ0v) is 10.6. The maximum atomic E-state index is 12.8. The van der Waals surface area contributed by atoms with Crippen LogP contribution < -0.4 is 0 Å². The summed E-state index contributed by atoms with van der Waals surface area (Å²) >= 11 is 4.90. The van der Waals surface area contributed by atoms with Gasteiger partial charge in [0.2, 0.25) is 4.77 Å². The maximum Gasteiger partial charge on any atom is 0.417 e. The van der Waals surface area contributed by atoms with E-state index in [4.69, 9.17) is 12.2 Å². The zero-order chi connectivity index (χ0) is 14.0. The predicted octanol–water partition coefficient (Wildman–Crippen LogP) is 3.15. The monoisotopic (exact) mass is 286 g/mol. The van der Waals surface area contributed by atoms with Crippen LogP contribution in [0.25, 0.3) is 0 Å². The Morgan fingerprint density at radius 1 is 1.37 bits per heavy atom. The van der Waals surface area contributed by atoms with Gasteiger partial charge in [0.25, 0.3) is 0 Å². The molecule has 19 heavy (non-hydrogen) atoms. The Morgan fingerprint density at radius 2 is 2.05 bits per heavy atom. The molecule has 1 aromatic carbocycles. The van der Waals surface area contributed by atoms with Gasteiger partial charge in [-0.25, -0.2) is 0 Å². The van der Waals surface area contributed by atoms with Crippen LogP contribution >= 0.6 is 12.2 Å². The number of nitrogens with zero attached hydrogens (tertiary/aromatic N) is 3. The van der Waals surface area contributed by atoms with Crippen molar-refractivity contribution in [3.05, 3.63) is 46.0 Å². The van der Waals surface area contributed by atoms with Crippen LogP contribution in [0.2, 0.25) is 0 Å². The van der Waals surface area contributed by atoms with E-state index in [1.165, 1.54) is 22.9 Å². The van der Waals surface area contributed by atoms with E-state index in [2.05, 4.69) is 15.3 Å². The fourth-order valence-corrected chi connectivity index (χ4v) is 1.72. The molecule has 0 bridgehead atoms. The van der Waals surface area contributed by atoms with Crippen molar-refractivity contribution in [2.45, 2.75) is 13.1 Å². The molecule has 0 aliphatic carbocycles. The highest BCUT2D eigenvalue weighted by Crippen LogP contribution is 2.31. The van der Waals surface area contributed by atoms with Gasteiger partial charge in [-0.05, 0) is 25.2 Å². The van der Waals surface area contributed by atoms with E-state index >= 15 is 0 Å². The zero-order valence-electron chi connectivity index (χ0n) is 9.77. The summed E-state index contributed by atoms with van der Waals surface area (Å²) in [6.07, 6.45) is -3.31. The molecule has 0 radical (unpaired) electrons. The maximum absolute atomic E-state index is 12.8. The largest absolute Gasteiger partial charge is 0.417 e. The molecule has 0 aliphatic heterocycles. The van der Waals surface area contributed by atoms with Crippen LogP contribution in [-0.4, -0.2) is 21.1 Å². The van der Waals surface area contributed by atoms with Crippen LogP contribution in [0.4, 0.5) is 13.2 Å². The third-order valence-electron chi connectivity index (χ3n) is 2.39. The number of rotatable bonds is 2. The minimum atomic E-state index is -4.42. The number of benzene rings is 1. The first kappa shape index (κ1) is 13.5. The molecule has 0 fully saturated rings. The van der Waals surface area contributed by atoms with E-state index in [-0.39, 0.29) is 10.3 Å². The summed E-state index contributed by atoms with van der Waals surface area (Å²) in [6, 6.07) is 5.18. The minimum Gasteiger partial charge on any atom is -0.250 e. The third kappa shape index (κ3) is 2.90. The molecule has 4 nitrogen and oxygen atoms in total. The second-order valence-electron chi connectivity index (χ2n) is 3.72. The number of hydrogen-bond acceptors (Lipinski definition) is 3. The number of halogens is 3. The van der Waals surface area contributed by atoms with Crippen molar-refractivity contribution in [2.24, 2.45) is 5.10 Å². The molecule has 0 saturated heterocycles. The number of H-pyrrole nitrogens is 1. The highest BCUT2D eigenvalue weighted by molar-refractivity contribution is 7.71. The number of aryl methyl sites for hydroxylation is 1. The fraction of sp³-hybridized carbons (Fsp3) is 0.182. The second-order valence-corrected chi connectivity index (χ2v) is 4.10. The average Bonchev–Trinajstić information content (AvgIpc) is 2.66. The van der Waals surface area contributed by atoms with Crippen molar-refractivity contribution in [3.63, 3.8) is 0 Å². The second kappa shape index (κ2) is 4.96. The molecule has 1 N–H and O–H groups in total. The Morgan fingerprint density at radius 3 is 2.63 bits per heavy atom. The standard InChI is InChI=1S/C11H9F3N4S/c1-7-16-17-10(19)18(7)15-6-8-4-2-3-5-9(8)11(12,13)14/h2-6H,1H3,(H,17,19)/b15-6+. The van der Waals surface area contributed by atoms with E-state index in [0.29, 0.717) is 5.82 Å². The van der Waals surface area contributed by atoms with Crippen molar-refractivity contribution in [1.82, 2.24) is 14.9 Å². The Kier molecular flexibility index (Phi) is 3.52. The van der Waals surface area contributed by atoms with Crippen molar-refractivity contribution in [2.75, 3.05) is 0 Å². The molecule has 0 atom stereocenters. The van der Waals surface area contributed by atoms with Crippen LogP contribution in [0.5, 0.6) is 0 Å². The predicted molar refractivity (Wildman–Crippen MR) is 66.6 cm³/mol. The van der Waals surface area contributed by atoms with Crippen LogP contribution in [0, 0.1) is 11.7 Å². The molecule has 2 rings (SSSR count). The molecule has 100 valence electrons. The van der Waals surface area contributed by atoms with Crippen molar-refractivity contribution < 1.29 is 13.2 Å². The molecule has 1 aromatic heterocycles. The van der Waals surface area contributed by atoms with Crippen molar-refractivity contribution in [3.8, 4) is 0 Å². The highest BCUT2D eigenvalue weighted by Gasteiger charge is 2.32. The third-order valence-corrected chi connectivity index (χ3v) is 2.65. The number of aromatic amines is 1. The van der Waals surface area contributed by atoms with Gasteiger partial charge in [-0.1, -0.05) is 18.2 Å². The van der Waals surface area contributed by atoms with Crippen LogP contribution in [-0.2, 0) is 6.18 Å². The molecule has 1 heterocycles. The Hall–Kier alpha value is -1.96.